The van der Waals surface area contributed by atoms with Crippen molar-refractivity contribution in [2.24, 2.45) is 0 Å². The third-order valence-corrected chi connectivity index (χ3v) is 3.91. The van der Waals surface area contributed by atoms with Crippen molar-refractivity contribution < 1.29 is 0 Å². The van der Waals surface area contributed by atoms with Crippen LogP contribution in [0.5, 0.6) is 0 Å². The van der Waals surface area contributed by atoms with Gasteiger partial charge in [-0.1, -0.05) is 18.2 Å². The number of rotatable bonds is 6. The highest BCUT2D eigenvalue weighted by atomic mass is 15.2. The van der Waals surface area contributed by atoms with Gasteiger partial charge in [-0.2, -0.15) is 0 Å². The summed E-state index contributed by atoms with van der Waals surface area (Å²) in [5.41, 5.74) is 3.76. The van der Waals surface area contributed by atoms with Gasteiger partial charge in [-0.15, -0.1) is 0 Å². The quantitative estimate of drug-likeness (QED) is 0.873. The molecule has 0 unspecified atom stereocenters. The van der Waals surface area contributed by atoms with E-state index in [1.54, 1.807) is 0 Å². The van der Waals surface area contributed by atoms with Crippen LogP contribution in [-0.2, 0) is 6.54 Å². The van der Waals surface area contributed by atoms with Gasteiger partial charge in [-0.3, -0.25) is 0 Å². The molecule has 2 aromatic rings. The molecule has 1 aromatic heterocycles. The Morgan fingerprint density at radius 1 is 1.24 bits per heavy atom. The van der Waals surface area contributed by atoms with Gasteiger partial charge in [-0.05, 0) is 50.5 Å². The first-order valence-corrected chi connectivity index (χ1v) is 7.79. The van der Waals surface area contributed by atoms with Crippen molar-refractivity contribution in [3.05, 3.63) is 53.7 Å². The van der Waals surface area contributed by atoms with Crippen LogP contribution in [0.25, 0.3) is 0 Å². The molecule has 1 aliphatic rings. The molecule has 0 aliphatic heterocycles. The van der Waals surface area contributed by atoms with E-state index in [0.29, 0.717) is 6.04 Å². The molecule has 1 fully saturated rings. The zero-order valence-electron chi connectivity index (χ0n) is 12.8. The van der Waals surface area contributed by atoms with Crippen LogP contribution < -0.4 is 10.2 Å². The molecule has 0 bridgehead atoms. The lowest BCUT2D eigenvalue weighted by Gasteiger charge is -2.25. The van der Waals surface area contributed by atoms with Gasteiger partial charge in [-0.25, -0.2) is 4.98 Å². The summed E-state index contributed by atoms with van der Waals surface area (Å²) in [6.45, 7) is 6.12. The fourth-order valence-corrected chi connectivity index (χ4v) is 2.60. The lowest BCUT2D eigenvalue weighted by atomic mass is 10.1. The summed E-state index contributed by atoms with van der Waals surface area (Å²) in [7, 11) is 0. The maximum absolute atomic E-state index is 4.64. The maximum atomic E-state index is 4.64. The van der Waals surface area contributed by atoms with E-state index < -0.39 is 0 Å². The van der Waals surface area contributed by atoms with Gasteiger partial charge in [0.25, 0.3) is 0 Å². The molecule has 1 aromatic carbocycles. The molecule has 0 amide bonds. The van der Waals surface area contributed by atoms with E-state index in [1.165, 1.54) is 29.7 Å². The molecule has 3 heteroatoms. The van der Waals surface area contributed by atoms with E-state index in [1.807, 2.05) is 12.3 Å². The number of hydrogen-bond acceptors (Lipinski definition) is 3. The van der Waals surface area contributed by atoms with Crippen molar-refractivity contribution in [1.29, 1.82) is 0 Å². The predicted molar refractivity (Wildman–Crippen MR) is 88.0 cm³/mol. The molecule has 1 aliphatic carbocycles. The van der Waals surface area contributed by atoms with Gasteiger partial charge in [0.2, 0.25) is 0 Å². The Bertz CT molecular complexity index is 605. The minimum absolute atomic E-state index is 0.715. The van der Waals surface area contributed by atoms with Crippen LogP contribution in [0.15, 0.2) is 42.6 Å². The molecule has 110 valence electrons. The topological polar surface area (TPSA) is 28.2 Å². The second kappa shape index (κ2) is 6.27. The molecule has 1 saturated carbocycles. The molecule has 21 heavy (non-hydrogen) atoms. The Kier molecular flexibility index (Phi) is 4.20. The van der Waals surface area contributed by atoms with Crippen LogP contribution in [0.2, 0.25) is 0 Å². The van der Waals surface area contributed by atoms with E-state index in [9.17, 15) is 0 Å². The monoisotopic (exact) mass is 281 g/mol. The summed E-state index contributed by atoms with van der Waals surface area (Å²) in [5.74, 6) is 1.07. The van der Waals surface area contributed by atoms with Crippen LogP contribution in [0.3, 0.4) is 0 Å². The predicted octanol–water partition coefficient (Wildman–Crippen LogP) is 3.80. The van der Waals surface area contributed by atoms with Crippen molar-refractivity contribution in [1.82, 2.24) is 10.3 Å². The summed E-state index contributed by atoms with van der Waals surface area (Å²) in [6, 6.07) is 13.5. The fourth-order valence-electron chi connectivity index (χ4n) is 2.60. The minimum atomic E-state index is 0.715. The average Bonchev–Trinajstić information content (AvgIpc) is 3.31. The summed E-state index contributed by atoms with van der Waals surface area (Å²) in [6.07, 6.45) is 4.50. The summed E-state index contributed by atoms with van der Waals surface area (Å²) < 4.78 is 0. The molecule has 0 radical (unpaired) electrons. The van der Waals surface area contributed by atoms with Gasteiger partial charge in [0.1, 0.15) is 5.82 Å². The molecular weight excluding hydrogens is 258 g/mol. The number of aryl methyl sites for hydroxylation is 1. The maximum Gasteiger partial charge on any atom is 0.137 e. The van der Waals surface area contributed by atoms with Crippen LogP contribution in [0.4, 0.5) is 11.5 Å². The van der Waals surface area contributed by atoms with E-state index in [-0.39, 0.29) is 0 Å². The van der Waals surface area contributed by atoms with Crippen LogP contribution in [0.1, 0.15) is 30.9 Å². The highest BCUT2D eigenvalue weighted by Crippen LogP contribution is 2.28. The molecule has 1 heterocycles. The van der Waals surface area contributed by atoms with E-state index in [0.717, 1.165) is 18.9 Å². The second-order valence-corrected chi connectivity index (χ2v) is 5.72. The molecular formula is C18H23N3. The summed E-state index contributed by atoms with van der Waals surface area (Å²) in [5, 5.41) is 3.59. The fraction of sp³-hybridized carbons (Fsp3) is 0.389. The smallest absolute Gasteiger partial charge is 0.137 e. The van der Waals surface area contributed by atoms with Gasteiger partial charge in [0.15, 0.2) is 0 Å². The molecule has 0 saturated heterocycles. The SMILES string of the molecule is CCN(c1cccc(C)c1)c1ncccc1CNC1CC1. The third-order valence-electron chi connectivity index (χ3n) is 3.91. The minimum Gasteiger partial charge on any atom is -0.326 e. The van der Waals surface area contributed by atoms with Gasteiger partial charge < -0.3 is 10.2 Å². The molecule has 3 rings (SSSR count). The number of nitrogens with one attached hydrogen (secondary N) is 1. The van der Waals surface area contributed by atoms with Gasteiger partial charge >= 0.3 is 0 Å². The number of hydrogen-bond donors (Lipinski definition) is 1. The molecule has 3 nitrogen and oxygen atoms in total. The first kappa shape index (κ1) is 14.1. The largest absolute Gasteiger partial charge is 0.326 e. The average molecular weight is 281 g/mol. The highest BCUT2D eigenvalue weighted by Gasteiger charge is 2.21. The van der Waals surface area contributed by atoms with Crippen LogP contribution in [0, 0.1) is 6.92 Å². The lowest BCUT2D eigenvalue weighted by molar-refractivity contribution is 0.684. The van der Waals surface area contributed by atoms with E-state index in [2.05, 4.69) is 59.4 Å². The van der Waals surface area contributed by atoms with Crippen LogP contribution in [-0.4, -0.2) is 17.6 Å². The third kappa shape index (κ3) is 3.42. The van der Waals surface area contributed by atoms with Crippen molar-refractivity contribution in [3.8, 4) is 0 Å². The van der Waals surface area contributed by atoms with Crippen molar-refractivity contribution in [2.45, 2.75) is 39.3 Å². The van der Waals surface area contributed by atoms with Crippen molar-refractivity contribution in [3.63, 3.8) is 0 Å². The standard InChI is InChI=1S/C18H23N3/c1-3-21(17-8-4-6-14(2)12-17)18-15(7-5-11-19-18)13-20-16-9-10-16/h4-8,11-12,16,20H,3,9-10,13H2,1-2H3. The van der Waals surface area contributed by atoms with Crippen molar-refractivity contribution >= 4 is 11.5 Å². The number of pyridine rings is 1. The number of aromatic nitrogens is 1. The van der Waals surface area contributed by atoms with Crippen LogP contribution >= 0.6 is 0 Å². The van der Waals surface area contributed by atoms with Crippen molar-refractivity contribution in [2.75, 3.05) is 11.4 Å². The zero-order valence-corrected chi connectivity index (χ0v) is 12.8. The Hall–Kier alpha value is -1.87. The number of benzene rings is 1. The molecule has 0 spiro atoms. The molecule has 0 atom stereocenters. The summed E-state index contributed by atoms with van der Waals surface area (Å²) in [4.78, 5) is 6.93. The first-order valence-electron chi connectivity index (χ1n) is 7.79. The lowest BCUT2D eigenvalue weighted by Crippen LogP contribution is -2.22. The zero-order chi connectivity index (χ0) is 14.7. The van der Waals surface area contributed by atoms with E-state index >= 15 is 0 Å². The number of nitrogens with zero attached hydrogens (tertiary/aromatic N) is 2. The second-order valence-electron chi connectivity index (χ2n) is 5.72. The Balaban J connectivity index is 1.88. The Morgan fingerprint density at radius 3 is 2.81 bits per heavy atom. The van der Waals surface area contributed by atoms with Gasteiger partial charge in [0, 0.05) is 36.6 Å². The summed E-state index contributed by atoms with van der Waals surface area (Å²) >= 11 is 0. The Morgan fingerprint density at radius 2 is 2.10 bits per heavy atom. The Labute approximate surface area is 127 Å². The number of anilines is 2. The first-order chi connectivity index (χ1) is 10.3. The molecule has 1 N–H and O–H groups in total. The van der Waals surface area contributed by atoms with Gasteiger partial charge in [0.05, 0.1) is 0 Å². The highest BCUT2D eigenvalue weighted by molar-refractivity contribution is 5.63. The normalized spacial score (nSPS) is 14.2. The van der Waals surface area contributed by atoms with E-state index in [4.69, 9.17) is 0 Å².